The fraction of sp³-hybridized carbons (Fsp3) is 0.273. The van der Waals surface area contributed by atoms with E-state index < -0.39 is 42.3 Å². The Hall–Kier alpha value is -3.92. The normalized spacial score (nSPS) is 19.2. The van der Waals surface area contributed by atoms with Crippen LogP contribution in [0.1, 0.15) is 38.8 Å². The van der Waals surface area contributed by atoms with Crippen LogP contribution in [0, 0.1) is 11.6 Å². The van der Waals surface area contributed by atoms with Gasteiger partial charge in [0.25, 0.3) is 5.91 Å². The number of morpholine rings is 1. The van der Waals surface area contributed by atoms with E-state index >= 15 is 4.39 Å². The molecule has 232 valence electrons. The maximum Gasteiger partial charge on any atom is 0.278 e. The molecule has 2 atom stereocenters. The van der Waals surface area contributed by atoms with Crippen LogP contribution in [-0.4, -0.2) is 54.7 Å². The van der Waals surface area contributed by atoms with E-state index in [1.54, 1.807) is 15.6 Å². The van der Waals surface area contributed by atoms with Crippen molar-refractivity contribution >= 4 is 30.1 Å². The lowest BCUT2D eigenvalue weighted by Crippen LogP contribution is -2.66. The molecular formula is C33H30F2N3O5PS. The van der Waals surface area contributed by atoms with E-state index in [1.807, 2.05) is 59.6 Å². The van der Waals surface area contributed by atoms with Gasteiger partial charge in [0, 0.05) is 29.0 Å². The second-order valence-corrected chi connectivity index (χ2v) is 15.8. The number of halogens is 2. The van der Waals surface area contributed by atoms with Gasteiger partial charge in [-0.05, 0) is 42.2 Å². The number of amides is 1. The average Bonchev–Trinajstić information content (AvgIpc) is 3.20. The molecule has 0 N–H and O–H groups in total. The Morgan fingerprint density at radius 3 is 2.53 bits per heavy atom. The van der Waals surface area contributed by atoms with Gasteiger partial charge in [-0.1, -0.05) is 54.6 Å². The van der Waals surface area contributed by atoms with E-state index in [2.05, 4.69) is 0 Å². The van der Waals surface area contributed by atoms with Crippen LogP contribution in [0.3, 0.4) is 0 Å². The molecule has 3 aromatic carbocycles. The third kappa shape index (κ3) is 5.07. The van der Waals surface area contributed by atoms with Crippen LogP contribution in [0.2, 0.25) is 0 Å². The van der Waals surface area contributed by atoms with Gasteiger partial charge in [-0.2, -0.15) is 0 Å². The van der Waals surface area contributed by atoms with Gasteiger partial charge in [-0.3, -0.25) is 19.3 Å². The number of pyridine rings is 1. The van der Waals surface area contributed by atoms with E-state index in [0.717, 1.165) is 22.1 Å². The lowest BCUT2D eigenvalue weighted by Gasteiger charge is -2.51. The maximum atomic E-state index is 15.5. The quantitative estimate of drug-likeness (QED) is 0.279. The molecular weight excluding hydrogens is 619 g/mol. The summed E-state index contributed by atoms with van der Waals surface area (Å²) >= 11 is 1.40. The van der Waals surface area contributed by atoms with Crippen molar-refractivity contribution in [3.63, 3.8) is 0 Å². The Kier molecular flexibility index (Phi) is 7.58. The number of nitrogens with zero attached hydrogens (tertiary/aromatic N) is 3. The SMILES string of the molecule is CP(C)(=O)c1cn2c(c(OCc3ccccc3)c1=O)C(=O)N1CCOCC1N2C1c2ccccc2SCc2c1ccc(F)c2F. The third-order valence-electron chi connectivity index (χ3n) is 8.43. The predicted octanol–water partition coefficient (Wildman–Crippen LogP) is 5.10. The lowest BCUT2D eigenvalue weighted by atomic mass is 9.93. The summed E-state index contributed by atoms with van der Waals surface area (Å²) in [6.45, 7) is 3.63. The minimum atomic E-state index is -3.21. The largest absolute Gasteiger partial charge is 0.482 e. The molecule has 0 saturated carbocycles. The molecule has 0 spiro atoms. The standard InChI is InChI=1S/C33H30F2N3O5PS/c1-44(2,41)25-16-37-30(32(31(25)39)43-17-20-8-4-3-5-9-20)33(40)36-14-15-42-18-27(36)38(37)29-21-12-13-24(34)28(35)23(21)19-45-26-11-7-6-10-22(26)29/h3-13,16,27,29H,14-15,17-19H2,1-2H3. The van der Waals surface area contributed by atoms with E-state index in [0.29, 0.717) is 5.56 Å². The number of hydrogen-bond acceptors (Lipinski definition) is 7. The molecule has 4 heterocycles. The third-order valence-corrected chi connectivity index (χ3v) is 11.0. The van der Waals surface area contributed by atoms with Crippen LogP contribution in [0.15, 0.2) is 82.6 Å². The minimum Gasteiger partial charge on any atom is -0.482 e. The van der Waals surface area contributed by atoms with Gasteiger partial charge in [-0.15, -0.1) is 11.8 Å². The molecule has 7 rings (SSSR count). The van der Waals surface area contributed by atoms with Crippen molar-refractivity contribution in [2.75, 3.05) is 38.1 Å². The van der Waals surface area contributed by atoms with Crippen LogP contribution in [0.25, 0.3) is 0 Å². The molecule has 1 fully saturated rings. The van der Waals surface area contributed by atoms with Crippen LogP contribution >= 0.6 is 18.9 Å². The topological polar surface area (TPSA) is 81.1 Å². The second-order valence-electron chi connectivity index (χ2n) is 11.6. The number of hydrogen-bond donors (Lipinski definition) is 0. The van der Waals surface area contributed by atoms with Gasteiger partial charge in [0.2, 0.25) is 5.43 Å². The Morgan fingerprint density at radius 1 is 1.00 bits per heavy atom. The Morgan fingerprint density at radius 2 is 1.76 bits per heavy atom. The molecule has 1 saturated heterocycles. The highest BCUT2D eigenvalue weighted by Crippen LogP contribution is 2.46. The first-order valence-electron chi connectivity index (χ1n) is 14.5. The molecule has 0 aliphatic carbocycles. The first-order valence-corrected chi connectivity index (χ1v) is 18.1. The van der Waals surface area contributed by atoms with E-state index in [1.165, 1.54) is 31.3 Å². The van der Waals surface area contributed by atoms with Gasteiger partial charge in [0.15, 0.2) is 23.1 Å². The fourth-order valence-electron chi connectivity index (χ4n) is 6.26. The van der Waals surface area contributed by atoms with Gasteiger partial charge >= 0.3 is 0 Å². The van der Waals surface area contributed by atoms with Crippen molar-refractivity contribution in [1.29, 1.82) is 0 Å². The Labute approximate surface area is 262 Å². The second kappa shape index (κ2) is 11.5. The van der Waals surface area contributed by atoms with Gasteiger partial charge in [-0.25, -0.2) is 8.78 Å². The molecule has 3 aliphatic rings. The monoisotopic (exact) mass is 649 g/mol. The smallest absolute Gasteiger partial charge is 0.278 e. The predicted molar refractivity (Wildman–Crippen MR) is 169 cm³/mol. The highest BCUT2D eigenvalue weighted by Gasteiger charge is 2.47. The molecule has 1 amide bonds. The van der Waals surface area contributed by atoms with Crippen LogP contribution in [0.5, 0.6) is 5.75 Å². The van der Waals surface area contributed by atoms with E-state index in [4.69, 9.17) is 9.47 Å². The molecule has 12 heteroatoms. The zero-order valence-corrected chi connectivity index (χ0v) is 26.3. The lowest BCUT2D eigenvalue weighted by molar-refractivity contribution is -0.0198. The number of benzene rings is 3. The summed E-state index contributed by atoms with van der Waals surface area (Å²) in [5.74, 6) is -2.33. The highest BCUT2D eigenvalue weighted by atomic mass is 32.2. The first-order chi connectivity index (χ1) is 21.6. The van der Waals surface area contributed by atoms with Crippen LogP contribution < -0.4 is 20.5 Å². The number of aromatic nitrogens is 1. The minimum absolute atomic E-state index is 0.000304. The number of thioether (sulfide) groups is 1. The summed E-state index contributed by atoms with van der Waals surface area (Å²) in [4.78, 5) is 30.8. The summed E-state index contributed by atoms with van der Waals surface area (Å²) in [6.07, 6.45) is 0.768. The number of carbonyl (C=O) groups is 1. The van der Waals surface area contributed by atoms with Crippen molar-refractivity contribution in [3.05, 3.63) is 123 Å². The van der Waals surface area contributed by atoms with Crippen molar-refractivity contribution in [3.8, 4) is 5.75 Å². The summed E-state index contributed by atoms with van der Waals surface area (Å²) in [5.41, 5.74) is 1.67. The Balaban J connectivity index is 1.53. The van der Waals surface area contributed by atoms with Crippen molar-refractivity contribution in [2.45, 2.75) is 29.5 Å². The molecule has 0 bridgehead atoms. The van der Waals surface area contributed by atoms with Crippen molar-refractivity contribution in [2.24, 2.45) is 0 Å². The summed E-state index contributed by atoms with van der Waals surface area (Å²) in [5, 5.41) is 1.88. The fourth-order valence-corrected chi connectivity index (χ4v) is 8.36. The number of carbonyl (C=O) groups excluding carboxylic acids is 1. The maximum absolute atomic E-state index is 15.5. The molecule has 3 aliphatic heterocycles. The number of fused-ring (bicyclic) bond motifs is 4. The van der Waals surface area contributed by atoms with Gasteiger partial charge in [0.05, 0.1) is 24.6 Å². The molecule has 8 nitrogen and oxygen atoms in total. The summed E-state index contributed by atoms with van der Waals surface area (Å²) < 4.78 is 57.4. The number of rotatable bonds is 5. The molecule has 45 heavy (non-hydrogen) atoms. The van der Waals surface area contributed by atoms with Crippen LogP contribution in [-0.2, 0) is 21.7 Å². The van der Waals surface area contributed by atoms with Crippen LogP contribution in [0.4, 0.5) is 8.78 Å². The van der Waals surface area contributed by atoms with E-state index in [-0.39, 0.29) is 54.4 Å². The van der Waals surface area contributed by atoms with E-state index in [9.17, 15) is 18.5 Å². The van der Waals surface area contributed by atoms with Gasteiger partial charge < -0.3 is 18.9 Å². The summed E-state index contributed by atoms with van der Waals surface area (Å²) in [6, 6.07) is 18.8. The average molecular weight is 650 g/mol. The summed E-state index contributed by atoms with van der Waals surface area (Å²) in [7, 11) is -3.21. The van der Waals surface area contributed by atoms with Crippen molar-refractivity contribution < 1.29 is 27.6 Å². The molecule has 4 aromatic rings. The highest BCUT2D eigenvalue weighted by molar-refractivity contribution is 7.98. The number of ether oxygens (including phenoxy) is 2. The molecule has 0 radical (unpaired) electrons. The Bertz CT molecular complexity index is 1930. The molecule has 2 unspecified atom stereocenters. The first kappa shape index (κ1) is 29.8. The zero-order valence-electron chi connectivity index (χ0n) is 24.6. The van der Waals surface area contributed by atoms with Crippen molar-refractivity contribution in [1.82, 2.24) is 9.58 Å². The van der Waals surface area contributed by atoms with Gasteiger partial charge in [0.1, 0.15) is 19.9 Å². The zero-order chi connectivity index (χ0) is 31.5. The molecule has 1 aromatic heterocycles.